The van der Waals surface area contributed by atoms with Gasteiger partial charge in [-0.25, -0.2) is 12.7 Å². The molecule has 1 fully saturated rings. The number of benzene rings is 1. The summed E-state index contributed by atoms with van der Waals surface area (Å²) in [5.74, 6) is -0.223. The quantitative estimate of drug-likeness (QED) is 0.873. The van der Waals surface area contributed by atoms with Crippen molar-refractivity contribution in [1.29, 1.82) is 0 Å². The molecule has 0 spiro atoms. The van der Waals surface area contributed by atoms with Crippen molar-refractivity contribution in [1.82, 2.24) is 9.62 Å². The van der Waals surface area contributed by atoms with E-state index in [1.54, 1.807) is 12.1 Å². The van der Waals surface area contributed by atoms with E-state index in [9.17, 15) is 18.0 Å². The maximum Gasteiger partial charge on any atom is 0.269 e. The molecule has 2 atom stereocenters. The molecule has 1 saturated carbocycles. The molecule has 0 saturated heterocycles. The van der Waals surface area contributed by atoms with Gasteiger partial charge in [-0.3, -0.25) is 9.59 Å². The van der Waals surface area contributed by atoms with Crippen LogP contribution in [-0.2, 0) is 14.8 Å². The van der Waals surface area contributed by atoms with Gasteiger partial charge in [-0.2, -0.15) is 0 Å². The molecule has 26 heavy (non-hydrogen) atoms. The minimum absolute atomic E-state index is 0.0215. The molecule has 1 aliphatic heterocycles. The highest BCUT2D eigenvalue weighted by Crippen LogP contribution is 2.38. The molecule has 3 rings (SSSR count). The molecule has 6 nitrogen and oxygen atoms in total. The Bertz CT molecular complexity index is 832. The standard InChI is InChI=1S/C19H26N2O4S/c1-13-10-14(12-19(2,3)11-13)20-17(22)8-9-21-18(23)15-6-4-5-7-16(15)26(21,24)25/h4-7,13-14H,8-12H2,1-3H3,(H,20,22)/t13-,14-/m0/s1. The summed E-state index contributed by atoms with van der Waals surface area (Å²) in [6.07, 6.45) is 2.96. The van der Waals surface area contributed by atoms with Crippen molar-refractivity contribution in [2.24, 2.45) is 11.3 Å². The largest absolute Gasteiger partial charge is 0.353 e. The molecule has 142 valence electrons. The van der Waals surface area contributed by atoms with E-state index in [1.165, 1.54) is 12.1 Å². The fourth-order valence-electron chi connectivity index (χ4n) is 4.41. The molecule has 1 aromatic carbocycles. The van der Waals surface area contributed by atoms with Crippen LogP contribution in [0.1, 0.15) is 56.8 Å². The van der Waals surface area contributed by atoms with Crippen molar-refractivity contribution in [3.05, 3.63) is 29.8 Å². The van der Waals surface area contributed by atoms with Crippen LogP contribution in [0.5, 0.6) is 0 Å². The first-order chi connectivity index (χ1) is 12.1. The maximum absolute atomic E-state index is 12.5. The second kappa shape index (κ2) is 6.68. The van der Waals surface area contributed by atoms with Crippen molar-refractivity contribution >= 4 is 21.8 Å². The highest BCUT2D eigenvalue weighted by atomic mass is 32.2. The van der Waals surface area contributed by atoms with Crippen molar-refractivity contribution in [2.75, 3.05) is 6.54 Å². The number of nitrogens with one attached hydrogen (secondary N) is 1. The van der Waals surface area contributed by atoms with Gasteiger partial charge in [-0.1, -0.05) is 32.9 Å². The Morgan fingerprint density at radius 2 is 1.96 bits per heavy atom. The summed E-state index contributed by atoms with van der Waals surface area (Å²) < 4.78 is 25.8. The average Bonchev–Trinajstić information content (AvgIpc) is 2.71. The van der Waals surface area contributed by atoms with E-state index in [0.29, 0.717) is 5.92 Å². The van der Waals surface area contributed by atoms with Gasteiger partial charge in [0.15, 0.2) is 0 Å². The zero-order valence-corrected chi connectivity index (χ0v) is 16.3. The Morgan fingerprint density at radius 1 is 1.27 bits per heavy atom. The lowest BCUT2D eigenvalue weighted by Crippen LogP contribution is -2.44. The molecule has 0 unspecified atom stereocenters. The summed E-state index contributed by atoms with van der Waals surface area (Å²) in [4.78, 5) is 24.7. The normalized spacial score (nSPS) is 26.4. The van der Waals surface area contributed by atoms with Crippen LogP contribution in [-0.4, -0.2) is 37.1 Å². The fourth-order valence-corrected chi connectivity index (χ4v) is 5.98. The Balaban J connectivity index is 1.61. The Morgan fingerprint density at radius 3 is 2.62 bits per heavy atom. The first kappa shape index (κ1) is 18.9. The predicted octanol–water partition coefficient (Wildman–Crippen LogP) is 2.55. The molecular weight excluding hydrogens is 352 g/mol. The van der Waals surface area contributed by atoms with Gasteiger partial charge in [0.1, 0.15) is 4.90 Å². The van der Waals surface area contributed by atoms with Crippen LogP contribution in [0.25, 0.3) is 0 Å². The van der Waals surface area contributed by atoms with Crippen LogP contribution >= 0.6 is 0 Å². The second-order valence-electron chi connectivity index (χ2n) is 8.31. The lowest BCUT2D eigenvalue weighted by atomic mass is 9.70. The number of fused-ring (bicyclic) bond motifs is 1. The van der Waals surface area contributed by atoms with Crippen LogP contribution in [0.15, 0.2) is 29.2 Å². The zero-order valence-electron chi connectivity index (χ0n) is 15.5. The summed E-state index contributed by atoms with van der Waals surface area (Å²) in [7, 11) is -3.85. The van der Waals surface area contributed by atoms with E-state index in [2.05, 4.69) is 26.1 Å². The Kier molecular flexibility index (Phi) is 4.86. The zero-order chi connectivity index (χ0) is 19.1. The monoisotopic (exact) mass is 378 g/mol. The topological polar surface area (TPSA) is 83.6 Å². The number of carbonyl (C=O) groups excluding carboxylic acids is 2. The lowest BCUT2D eigenvalue weighted by molar-refractivity contribution is -0.122. The van der Waals surface area contributed by atoms with E-state index >= 15 is 0 Å². The highest BCUT2D eigenvalue weighted by molar-refractivity contribution is 7.90. The minimum Gasteiger partial charge on any atom is -0.353 e. The summed E-state index contributed by atoms with van der Waals surface area (Å²) in [5, 5.41) is 3.02. The van der Waals surface area contributed by atoms with Crippen molar-refractivity contribution in [3.8, 4) is 0 Å². The maximum atomic E-state index is 12.5. The molecule has 1 N–H and O–H groups in total. The van der Waals surface area contributed by atoms with E-state index in [-0.39, 0.29) is 40.8 Å². The van der Waals surface area contributed by atoms with Gasteiger partial charge < -0.3 is 5.32 Å². The Hall–Kier alpha value is -1.89. The van der Waals surface area contributed by atoms with Crippen LogP contribution in [0.2, 0.25) is 0 Å². The number of nitrogens with zero attached hydrogens (tertiary/aromatic N) is 1. The first-order valence-corrected chi connectivity index (χ1v) is 10.5. The third kappa shape index (κ3) is 3.63. The van der Waals surface area contributed by atoms with E-state index in [0.717, 1.165) is 23.6 Å². The molecule has 1 aliphatic carbocycles. The molecule has 7 heteroatoms. The average molecular weight is 378 g/mol. The fraction of sp³-hybridized carbons (Fsp3) is 0.579. The van der Waals surface area contributed by atoms with E-state index in [1.807, 2.05) is 0 Å². The number of sulfonamides is 1. The van der Waals surface area contributed by atoms with E-state index in [4.69, 9.17) is 0 Å². The number of amides is 2. The van der Waals surface area contributed by atoms with Crippen molar-refractivity contribution in [2.45, 2.75) is 57.4 Å². The van der Waals surface area contributed by atoms with Crippen LogP contribution in [0, 0.1) is 11.3 Å². The lowest BCUT2D eigenvalue weighted by Gasteiger charge is -2.39. The minimum atomic E-state index is -3.85. The second-order valence-corrected chi connectivity index (χ2v) is 10.1. The van der Waals surface area contributed by atoms with Gasteiger partial charge in [0.2, 0.25) is 5.91 Å². The third-order valence-electron chi connectivity index (χ3n) is 5.21. The van der Waals surface area contributed by atoms with Crippen LogP contribution in [0.4, 0.5) is 0 Å². The molecule has 0 bridgehead atoms. The number of rotatable bonds is 4. The van der Waals surface area contributed by atoms with Crippen LogP contribution < -0.4 is 5.32 Å². The van der Waals surface area contributed by atoms with Gasteiger partial charge in [0.05, 0.1) is 5.56 Å². The van der Waals surface area contributed by atoms with Crippen molar-refractivity contribution in [3.63, 3.8) is 0 Å². The highest BCUT2D eigenvalue weighted by Gasteiger charge is 2.41. The van der Waals surface area contributed by atoms with Gasteiger partial charge in [0.25, 0.3) is 15.9 Å². The number of hydrogen-bond donors (Lipinski definition) is 1. The van der Waals surface area contributed by atoms with Crippen molar-refractivity contribution < 1.29 is 18.0 Å². The van der Waals surface area contributed by atoms with E-state index < -0.39 is 15.9 Å². The third-order valence-corrected chi connectivity index (χ3v) is 7.05. The van der Waals surface area contributed by atoms with Gasteiger partial charge in [-0.05, 0) is 42.7 Å². The predicted molar refractivity (Wildman–Crippen MR) is 98.0 cm³/mol. The molecule has 0 radical (unpaired) electrons. The molecule has 2 amide bonds. The summed E-state index contributed by atoms with van der Waals surface area (Å²) >= 11 is 0. The SMILES string of the molecule is C[C@H]1C[C@H](NC(=O)CCN2C(=O)c3ccccc3S2(=O)=O)CC(C)(C)C1. The summed E-state index contributed by atoms with van der Waals surface area (Å²) in [6.45, 7) is 6.46. The summed E-state index contributed by atoms with van der Waals surface area (Å²) in [5.41, 5.74) is 0.363. The molecule has 1 heterocycles. The number of hydrogen-bond acceptors (Lipinski definition) is 4. The molecule has 0 aromatic heterocycles. The van der Waals surface area contributed by atoms with Gasteiger partial charge in [-0.15, -0.1) is 0 Å². The molecule has 2 aliphatic rings. The smallest absolute Gasteiger partial charge is 0.269 e. The number of carbonyl (C=O) groups is 2. The Labute approximate surface area is 155 Å². The molecule has 1 aromatic rings. The van der Waals surface area contributed by atoms with Gasteiger partial charge in [0, 0.05) is 19.0 Å². The summed E-state index contributed by atoms with van der Waals surface area (Å²) in [6, 6.07) is 6.25. The molecular formula is C19H26N2O4S. The first-order valence-electron chi connectivity index (χ1n) is 9.06. The van der Waals surface area contributed by atoms with Gasteiger partial charge >= 0.3 is 0 Å². The van der Waals surface area contributed by atoms with Crippen LogP contribution in [0.3, 0.4) is 0 Å².